The highest BCUT2D eigenvalue weighted by Crippen LogP contribution is 2.31. The second-order valence-corrected chi connectivity index (χ2v) is 5.38. The molecule has 1 N–H and O–H groups in total. The summed E-state index contributed by atoms with van der Waals surface area (Å²) in [5.41, 5.74) is -0.211. The topological polar surface area (TPSA) is 75.0 Å². The fourth-order valence-corrected chi connectivity index (χ4v) is 2.18. The molecule has 0 radical (unpaired) electrons. The van der Waals surface area contributed by atoms with E-state index in [9.17, 15) is 10.1 Å². The number of ether oxygens (including phenoxy) is 1. The Hall–Kier alpha value is -1.45. The molecule has 0 bridgehead atoms. The van der Waals surface area contributed by atoms with Gasteiger partial charge < -0.3 is 10.1 Å². The molecule has 0 atom stereocenters. The number of nitriles is 1. The number of carbonyl (C=O) groups excluding carboxylic acids is 1. The number of halogens is 1. The molecule has 1 saturated heterocycles. The van der Waals surface area contributed by atoms with E-state index in [2.05, 4.69) is 32.3 Å². The second-order valence-electron chi connectivity index (χ2n) is 4.52. The largest absolute Gasteiger partial charge is 0.381 e. The van der Waals surface area contributed by atoms with E-state index in [1.54, 1.807) is 6.07 Å². The molecule has 0 aromatic carbocycles. The number of hydrogen-bond donors (Lipinski definition) is 1. The number of pyridine rings is 1. The fraction of sp³-hybridized carbons (Fsp3) is 0.462. The summed E-state index contributed by atoms with van der Waals surface area (Å²) < 4.78 is 6.09. The zero-order valence-corrected chi connectivity index (χ0v) is 12.2. The van der Waals surface area contributed by atoms with Crippen molar-refractivity contribution in [3.8, 4) is 6.07 Å². The second kappa shape index (κ2) is 5.68. The summed E-state index contributed by atoms with van der Waals surface area (Å²) in [6, 6.07) is 5.66. The lowest BCUT2D eigenvalue weighted by Crippen LogP contribution is -2.40. The first-order valence-electron chi connectivity index (χ1n) is 6.01. The van der Waals surface area contributed by atoms with Gasteiger partial charge in [0.15, 0.2) is 0 Å². The first-order valence-corrected chi connectivity index (χ1v) is 6.80. The van der Waals surface area contributed by atoms with Crippen LogP contribution in [0.3, 0.4) is 0 Å². The van der Waals surface area contributed by atoms with Gasteiger partial charge in [-0.25, -0.2) is 4.98 Å². The standard InChI is InChI=1S/C13H14BrN3O2/c1-9-10(14)2-3-11(16-9)17-12(18)13(8-15)4-6-19-7-5-13/h2-3H,4-7H2,1H3,(H,16,17,18). The Morgan fingerprint density at radius 3 is 2.79 bits per heavy atom. The van der Waals surface area contributed by atoms with Crippen LogP contribution in [0.25, 0.3) is 0 Å². The minimum absolute atomic E-state index is 0.299. The Balaban J connectivity index is 2.15. The van der Waals surface area contributed by atoms with Gasteiger partial charge in [0.1, 0.15) is 11.2 Å². The quantitative estimate of drug-likeness (QED) is 0.906. The lowest BCUT2D eigenvalue weighted by atomic mass is 9.81. The Morgan fingerprint density at radius 2 is 2.21 bits per heavy atom. The van der Waals surface area contributed by atoms with E-state index in [-0.39, 0.29) is 5.91 Å². The number of amides is 1. The fourth-order valence-electron chi connectivity index (χ4n) is 1.96. The summed E-state index contributed by atoms with van der Waals surface area (Å²) in [6.07, 6.45) is 0.843. The van der Waals surface area contributed by atoms with E-state index in [0.717, 1.165) is 10.2 Å². The maximum atomic E-state index is 12.3. The van der Waals surface area contributed by atoms with Gasteiger partial charge in [-0.1, -0.05) is 0 Å². The molecule has 2 heterocycles. The van der Waals surface area contributed by atoms with Gasteiger partial charge in [0.2, 0.25) is 5.91 Å². The van der Waals surface area contributed by atoms with Crippen LogP contribution in [0.5, 0.6) is 0 Å². The highest BCUT2D eigenvalue weighted by atomic mass is 79.9. The van der Waals surface area contributed by atoms with Crippen molar-refractivity contribution < 1.29 is 9.53 Å². The van der Waals surface area contributed by atoms with Crippen LogP contribution in [0.4, 0.5) is 5.82 Å². The van der Waals surface area contributed by atoms with Crippen LogP contribution in [0.1, 0.15) is 18.5 Å². The molecule has 1 amide bonds. The molecule has 1 aliphatic heterocycles. The van der Waals surface area contributed by atoms with Gasteiger partial charge in [-0.3, -0.25) is 4.79 Å². The average Bonchev–Trinajstić information content (AvgIpc) is 2.43. The third-order valence-corrected chi connectivity index (χ3v) is 4.10. The first-order chi connectivity index (χ1) is 9.07. The minimum Gasteiger partial charge on any atom is -0.381 e. The van der Waals surface area contributed by atoms with Gasteiger partial charge in [0, 0.05) is 17.7 Å². The summed E-state index contributed by atoms with van der Waals surface area (Å²) in [5.74, 6) is 0.166. The highest BCUT2D eigenvalue weighted by molar-refractivity contribution is 9.10. The van der Waals surface area contributed by atoms with E-state index in [4.69, 9.17) is 4.74 Å². The summed E-state index contributed by atoms with van der Waals surface area (Å²) in [4.78, 5) is 16.5. The zero-order chi connectivity index (χ0) is 13.9. The van der Waals surface area contributed by atoms with Gasteiger partial charge in [-0.15, -0.1) is 0 Å². The molecule has 1 fully saturated rings. The van der Waals surface area contributed by atoms with Crippen molar-refractivity contribution in [2.45, 2.75) is 19.8 Å². The Kier molecular flexibility index (Phi) is 4.17. The smallest absolute Gasteiger partial charge is 0.246 e. The van der Waals surface area contributed by atoms with Crippen LogP contribution < -0.4 is 5.32 Å². The SMILES string of the molecule is Cc1nc(NC(=O)C2(C#N)CCOCC2)ccc1Br. The molecule has 0 aliphatic carbocycles. The Morgan fingerprint density at radius 1 is 1.53 bits per heavy atom. The summed E-state index contributed by atoms with van der Waals surface area (Å²) >= 11 is 3.35. The summed E-state index contributed by atoms with van der Waals surface area (Å²) in [5, 5.41) is 12.0. The maximum Gasteiger partial charge on any atom is 0.246 e. The van der Waals surface area contributed by atoms with Gasteiger partial charge in [0.25, 0.3) is 0 Å². The third-order valence-electron chi connectivity index (χ3n) is 3.26. The van der Waals surface area contributed by atoms with E-state index < -0.39 is 5.41 Å². The molecular weight excluding hydrogens is 310 g/mol. The lowest BCUT2D eigenvalue weighted by molar-refractivity contribution is -0.126. The Labute approximate surface area is 120 Å². The van der Waals surface area contributed by atoms with Crippen molar-refractivity contribution >= 4 is 27.7 Å². The Bertz CT molecular complexity index is 533. The molecule has 0 unspecified atom stereocenters. The van der Waals surface area contributed by atoms with Gasteiger partial charge in [-0.05, 0) is 47.8 Å². The van der Waals surface area contributed by atoms with Crippen molar-refractivity contribution in [3.63, 3.8) is 0 Å². The van der Waals surface area contributed by atoms with Gasteiger partial charge in [0.05, 0.1) is 11.8 Å². The summed E-state index contributed by atoms with van der Waals surface area (Å²) in [6.45, 7) is 2.72. The predicted octanol–water partition coefficient (Wildman–Crippen LogP) is 2.41. The van der Waals surface area contributed by atoms with Crippen LogP contribution >= 0.6 is 15.9 Å². The first kappa shape index (κ1) is 14.0. The number of aryl methyl sites for hydroxylation is 1. The molecule has 1 aliphatic rings. The molecular formula is C13H14BrN3O2. The van der Waals surface area contributed by atoms with E-state index in [1.807, 2.05) is 13.0 Å². The van der Waals surface area contributed by atoms with Crippen molar-refractivity contribution in [1.29, 1.82) is 5.26 Å². The number of carbonyl (C=O) groups is 1. The van der Waals surface area contributed by atoms with Crippen LogP contribution in [0, 0.1) is 23.7 Å². The molecule has 0 spiro atoms. The van der Waals surface area contributed by atoms with Crippen LogP contribution in [-0.4, -0.2) is 24.1 Å². The lowest BCUT2D eigenvalue weighted by Gasteiger charge is -2.29. The van der Waals surface area contributed by atoms with E-state index in [1.165, 1.54) is 0 Å². The van der Waals surface area contributed by atoms with E-state index >= 15 is 0 Å². The number of aromatic nitrogens is 1. The molecule has 100 valence electrons. The number of nitrogens with one attached hydrogen (secondary N) is 1. The number of nitrogens with zero attached hydrogens (tertiary/aromatic N) is 2. The highest BCUT2D eigenvalue weighted by Gasteiger charge is 2.40. The monoisotopic (exact) mass is 323 g/mol. The number of anilines is 1. The molecule has 5 nitrogen and oxygen atoms in total. The van der Waals surface area contributed by atoms with Crippen molar-refractivity contribution in [1.82, 2.24) is 4.98 Å². The van der Waals surface area contributed by atoms with Gasteiger partial charge >= 0.3 is 0 Å². The molecule has 6 heteroatoms. The molecule has 1 aromatic heterocycles. The van der Waals surface area contributed by atoms with Crippen molar-refractivity contribution in [2.75, 3.05) is 18.5 Å². The number of hydrogen-bond acceptors (Lipinski definition) is 4. The van der Waals surface area contributed by atoms with E-state index in [0.29, 0.717) is 31.9 Å². The predicted molar refractivity (Wildman–Crippen MR) is 73.4 cm³/mol. The van der Waals surface area contributed by atoms with Gasteiger partial charge in [-0.2, -0.15) is 5.26 Å². The van der Waals surface area contributed by atoms with Crippen LogP contribution in [-0.2, 0) is 9.53 Å². The molecule has 1 aromatic rings. The molecule has 2 rings (SSSR count). The number of rotatable bonds is 2. The normalized spacial score (nSPS) is 17.5. The zero-order valence-electron chi connectivity index (χ0n) is 10.6. The molecule has 19 heavy (non-hydrogen) atoms. The molecule has 0 saturated carbocycles. The van der Waals surface area contributed by atoms with Crippen LogP contribution in [0.2, 0.25) is 0 Å². The summed E-state index contributed by atoms with van der Waals surface area (Å²) in [7, 11) is 0. The minimum atomic E-state index is -0.999. The van der Waals surface area contributed by atoms with Crippen LogP contribution in [0.15, 0.2) is 16.6 Å². The van der Waals surface area contributed by atoms with Crippen molar-refractivity contribution in [3.05, 3.63) is 22.3 Å². The van der Waals surface area contributed by atoms with Crippen molar-refractivity contribution in [2.24, 2.45) is 5.41 Å². The maximum absolute atomic E-state index is 12.3. The average molecular weight is 324 g/mol. The third kappa shape index (κ3) is 2.94.